The molecule has 2 heterocycles. The average molecular weight is 319 g/mol. The number of morpholine rings is 1. The molecule has 0 aliphatic carbocycles. The van der Waals surface area contributed by atoms with E-state index in [0.29, 0.717) is 38.2 Å². The van der Waals surface area contributed by atoms with Crippen molar-refractivity contribution in [1.82, 2.24) is 9.91 Å². The molecule has 1 atom stereocenters. The summed E-state index contributed by atoms with van der Waals surface area (Å²) in [6.07, 6.45) is 0.379. The molecule has 6 nitrogen and oxygen atoms in total. The van der Waals surface area contributed by atoms with Gasteiger partial charge >= 0.3 is 0 Å². The Kier molecular flexibility index (Phi) is 4.38. The molecule has 0 spiro atoms. The van der Waals surface area contributed by atoms with Crippen LogP contribution < -0.4 is 0 Å². The van der Waals surface area contributed by atoms with Gasteiger partial charge in [-0.05, 0) is 17.7 Å². The van der Waals surface area contributed by atoms with Gasteiger partial charge in [0.05, 0.1) is 13.2 Å². The molecule has 0 radical (unpaired) electrons. The second kappa shape index (κ2) is 6.45. The number of hydrazone groups is 1. The zero-order chi connectivity index (χ0) is 16.4. The normalized spacial score (nSPS) is 22.1. The molecule has 0 bridgehead atoms. The lowest BCUT2D eigenvalue weighted by Gasteiger charge is -2.34. The van der Waals surface area contributed by atoms with Crippen molar-refractivity contribution in [3.8, 4) is 0 Å². The summed E-state index contributed by atoms with van der Waals surface area (Å²) in [4.78, 5) is 25.7. The Morgan fingerprint density at radius 2 is 2.04 bits per heavy atom. The van der Waals surface area contributed by atoms with E-state index in [2.05, 4.69) is 5.10 Å². The number of benzene rings is 1. The fourth-order valence-electron chi connectivity index (χ4n) is 2.72. The van der Waals surface area contributed by atoms with Crippen molar-refractivity contribution in [3.05, 3.63) is 35.6 Å². The predicted octanol–water partition coefficient (Wildman–Crippen LogP) is 1.33. The molecule has 1 unspecified atom stereocenters. The zero-order valence-electron chi connectivity index (χ0n) is 12.9. The lowest BCUT2D eigenvalue weighted by atomic mass is 10.1. The summed E-state index contributed by atoms with van der Waals surface area (Å²) < 4.78 is 18.7. The first-order chi connectivity index (χ1) is 11.0. The summed E-state index contributed by atoms with van der Waals surface area (Å²) in [5.74, 6) is -0.561. The van der Waals surface area contributed by atoms with Gasteiger partial charge in [-0.25, -0.2) is 9.40 Å². The maximum absolute atomic E-state index is 13.0. The number of rotatable bonds is 2. The van der Waals surface area contributed by atoms with Crippen molar-refractivity contribution in [2.75, 3.05) is 26.7 Å². The molecule has 122 valence electrons. The monoisotopic (exact) mass is 319 g/mol. The van der Waals surface area contributed by atoms with Crippen LogP contribution >= 0.6 is 0 Å². The first-order valence-electron chi connectivity index (χ1n) is 7.55. The Balaban J connectivity index is 1.71. The van der Waals surface area contributed by atoms with E-state index in [0.717, 1.165) is 5.56 Å². The summed E-state index contributed by atoms with van der Waals surface area (Å²) in [7, 11) is 1.55. The van der Waals surface area contributed by atoms with Gasteiger partial charge in [0.2, 0.25) is 5.91 Å². The number of carbonyl (C=O) groups excluding carboxylic acids is 2. The molecule has 0 aromatic heterocycles. The van der Waals surface area contributed by atoms with Gasteiger partial charge in [-0.2, -0.15) is 5.10 Å². The molecule has 23 heavy (non-hydrogen) atoms. The first-order valence-corrected chi connectivity index (χ1v) is 7.55. The standard InChI is InChI=1S/C16H18FN3O3/c1-19-15(21)7-6-13(18-19)16(22)20-8-9-23-14(10-20)11-2-4-12(17)5-3-11/h2-5,14H,6-10H2,1H3. The Morgan fingerprint density at radius 1 is 1.30 bits per heavy atom. The smallest absolute Gasteiger partial charge is 0.270 e. The lowest BCUT2D eigenvalue weighted by Crippen LogP contribution is -2.46. The van der Waals surface area contributed by atoms with Crippen molar-refractivity contribution >= 4 is 17.5 Å². The number of halogens is 1. The van der Waals surface area contributed by atoms with E-state index in [-0.39, 0.29) is 23.7 Å². The third-order valence-electron chi connectivity index (χ3n) is 4.05. The predicted molar refractivity (Wildman–Crippen MR) is 81.1 cm³/mol. The molecule has 1 aromatic rings. The highest BCUT2D eigenvalue weighted by molar-refractivity contribution is 6.39. The van der Waals surface area contributed by atoms with Gasteiger partial charge in [0.25, 0.3) is 5.91 Å². The second-order valence-corrected chi connectivity index (χ2v) is 5.63. The van der Waals surface area contributed by atoms with Crippen LogP contribution in [0.25, 0.3) is 0 Å². The van der Waals surface area contributed by atoms with Gasteiger partial charge in [0, 0.05) is 26.4 Å². The quantitative estimate of drug-likeness (QED) is 0.826. The number of carbonyl (C=O) groups is 2. The van der Waals surface area contributed by atoms with Crippen LogP contribution in [0.1, 0.15) is 24.5 Å². The highest BCUT2D eigenvalue weighted by atomic mass is 19.1. The Hall–Kier alpha value is -2.28. The minimum atomic E-state index is -0.304. The highest BCUT2D eigenvalue weighted by Gasteiger charge is 2.30. The van der Waals surface area contributed by atoms with Crippen LogP contribution in [0.5, 0.6) is 0 Å². The molecule has 2 aliphatic heterocycles. The minimum absolute atomic E-state index is 0.0901. The fraction of sp³-hybridized carbons (Fsp3) is 0.438. The number of amides is 2. The SMILES string of the molecule is CN1N=C(C(=O)N2CCOC(c3ccc(F)cc3)C2)CCC1=O. The van der Waals surface area contributed by atoms with E-state index in [4.69, 9.17) is 4.74 Å². The van der Waals surface area contributed by atoms with Gasteiger partial charge in [0.15, 0.2) is 0 Å². The van der Waals surface area contributed by atoms with Crippen molar-refractivity contribution < 1.29 is 18.7 Å². The Morgan fingerprint density at radius 3 is 2.74 bits per heavy atom. The van der Waals surface area contributed by atoms with Gasteiger partial charge in [-0.1, -0.05) is 12.1 Å². The van der Waals surface area contributed by atoms with Crippen LogP contribution in [0.15, 0.2) is 29.4 Å². The number of hydrogen-bond acceptors (Lipinski definition) is 4. The molecule has 0 saturated carbocycles. The van der Waals surface area contributed by atoms with Crippen molar-refractivity contribution in [2.24, 2.45) is 5.10 Å². The molecule has 1 aromatic carbocycles. The van der Waals surface area contributed by atoms with E-state index in [1.165, 1.54) is 17.1 Å². The molecule has 7 heteroatoms. The molecular weight excluding hydrogens is 301 g/mol. The molecule has 1 saturated heterocycles. The van der Waals surface area contributed by atoms with Gasteiger partial charge < -0.3 is 9.64 Å². The van der Waals surface area contributed by atoms with Gasteiger partial charge in [-0.3, -0.25) is 9.59 Å². The maximum atomic E-state index is 13.0. The second-order valence-electron chi connectivity index (χ2n) is 5.63. The van der Waals surface area contributed by atoms with Gasteiger partial charge in [0.1, 0.15) is 17.6 Å². The average Bonchev–Trinajstić information content (AvgIpc) is 2.57. The summed E-state index contributed by atoms with van der Waals surface area (Å²) in [5, 5.41) is 5.28. The van der Waals surface area contributed by atoms with E-state index in [1.807, 2.05) is 0 Å². The zero-order valence-corrected chi connectivity index (χ0v) is 12.9. The maximum Gasteiger partial charge on any atom is 0.270 e. The molecular formula is C16H18FN3O3. The molecule has 0 N–H and O–H groups in total. The molecule has 3 rings (SSSR count). The van der Waals surface area contributed by atoms with Crippen LogP contribution in [0, 0.1) is 5.82 Å². The van der Waals surface area contributed by atoms with Crippen LogP contribution in [0.2, 0.25) is 0 Å². The highest BCUT2D eigenvalue weighted by Crippen LogP contribution is 2.23. The number of ether oxygens (including phenoxy) is 1. The summed E-state index contributed by atoms with van der Waals surface area (Å²) in [6.45, 7) is 1.28. The third kappa shape index (κ3) is 3.39. The van der Waals surface area contributed by atoms with Crippen LogP contribution in [0.3, 0.4) is 0 Å². The lowest BCUT2D eigenvalue weighted by molar-refractivity contribution is -0.133. The van der Waals surface area contributed by atoms with Crippen LogP contribution in [-0.4, -0.2) is 54.2 Å². The van der Waals surface area contributed by atoms with Crippen LogP contribution in [0.4, 0.5) is 4.39 Å². The first kappa shape index (κ1) is 15.6. The molecule has 2 amide bonds. The van der Waals surface area contributed by atoms with Crippen molar-refractivity contribution in [2.45, 2.75) is 18.9 Å². The topological polar surface area (TPSA) is 62.2 Å². The summed E-state index contributed by atoms with van der Waals surface area (Å²) in [5.41, 5.74) is 1.23. The Bertz CT molecular complexity index is 644. The summed E-state index contributed by atoms with van der Waals surface area (Å²) in [6, 6.07) is 6.09. The van der Waals surface area contributed by atoms with E-state index >= 15 is 0 Å². The molecule has 2 aliphatic rings. The third-order valence-corrected chi connectivity index (χ3v) is 4.05. The van der Waals surface area contributed by atoms with Crippen LogP contribution in [-0.2, 0) is 14.3 Å². The number of nitrogens with zero attached hydrogens (tertiary/aromatic N) is 3. The molecule has 1 fully saturated rings. The largest absolute Gasteiger partial charge is 0.370 e. The van der Waals surface area contributed by atoms with E-state index in [1.54, 1.807) is 24.1 Å². The van der Waals surface area contributed by atoms with Crippen molar-refractivity contribution in [3.63, 3.8) is 0 Å². The van der Waals surface area contributed by atoms with Crippen molar-refractivity contribution in [1.29, 1.82) is 0 Å². The Labute approximate surface area is 133 Å². The van der Waals surface area contributed by atoms with E-state index in [9.17, 15) is 14.0 Å². The fourth-order valence-corrected chi connectivity index (χ4v) is 2.72. The van der Waals surface area contributed by atoms with Gasteiger partial charge in [-0.15, -0.1) is 0 Å². The summed E-state index contributed by atoms with van der Waals surface area (Å²) >= 11 is 0. The minimum Gasteiger partial charge on any atom is -0.370 e. The van der Waals surface area contributed by atoms with E-state index < -0.39 is 0 Å². The number of hydrogen-bond donors (Lipinski definition) is 0.